The first-order valence-corrected chi connectivity index (χ1v) is 8.19. The quantitative estimate of drug-likeness (QED) is 0.820. The number of imidazole rings is 1. The van der Waals surface area contributed by atoms with Crippen LogP contribution in [0.5, 0.6) is 0 Å². The Bertz CT molecular complexity index is 566. The minimum absolute atomic E-state index is 0.521. The Kier molecular flexibility index (Phi) is 6.39. The maximum absolute atomic E-state index is 4.35. The molecule has 0 N–H and O–H groups in total. The van der Waals surface area contributed by atoms with Gasteiger partial charge in [0.05, 0.1) is 5.69 Å². The lowest BCUT2D eigenvalue weighted by Crippen LogP contribution is -2.06. The van der Waals surface area contributed by atoms with Crippen molar-refractivity contribution in [3.05, 3.63) is 35.2 Å². The predicted molar refractivity (Wildman–Crippen MR) is 93.5 cm³/mol. The molecule has 2 rings (SSSR count). The number of rotatable bonds is 3. The zero-order valence-corrected chi connectivity index (χ0v) is 15.7. The molecule has 0 fully saturated rings. The maximum Gasteiger partial charge on any atom is 0.111 e. The van der Waals surface area contributed by atoms with Crippen molar-refractivity contribution in [2.24, 2.45) is 7.05 Å². The highest BCUT2D eigenvalue weighted by molar-refractivity contribution is 5.27. The summed E-state index contributed by atoms with van der Waals surface area (Å²) in [6.45, 7) is 17.3. The number of nitrogens with zero attached hydrogens (tertiary/aromatic N) is 4. The molecule has 0 atom stereocenters. The lowest BCUT2D eigenvalue weighted by molar-refractivity contribution is 0.550. The molecule has 0 saturated carbocycles. The van der Waals surface area contributed by atoms with Gasteiger partial charge in [0.2, 0.25) is 0 Å². The standard InChI is InChI=1S/2C9H16N2/c1-7(2)9-10-5-6-11(9)8(3)4;1-6(2)9-7(3)10-11(5)8(9)4/h5-8H,1-4H3;6H,1-5H3. The summed E-state index contributed by atoms with van der Waals surface area (Å²) in [4.78, 5) is 4.30. The van der Waals surface area contributed by atoms with Crippen LogP contribution < -0.4 is 0 Å². The Hall–Kier alpha value is -1.58. The fraction of sp³-hybridized carbons (Fsp3) is 0.667. The van der Waals surface area contributed by atoms with Crippen LogP contribution in [0.25, 0.3) is 0 Å². The van der Waals surface area contributed by atoms with Gasteiger partial charge in [0.15, 0.2) is 0 Å². The van der Waals surface area contributed by atoms with Crippen molar-refractivity contribution in [3.8, 4) is 0 Å². The zero-order valence-electron chi connectivity index (χ0n) is 15.7. The molecule has 0 amide bonds. The van der Waals surface area contributed by atoms with Crippen molar-refractivity contribution in [1.29, 1.82) is 0 Å². The van der Waals surface area contributed by atoms with Crippen LogP contribution >= 0.6 is 0 Å². The average Bonchev–Trinajstić information content (AvgIpc) is 2.96. The van der Waals surface area contributed by atoms with Crippen LogP contribution in [0.3, 0.4) is 0 Å². The summed E-state index contributed by atoms with van der Waals surface area (Å²) in [5, 5.41) is 4.35. The molecule has 2 heterocycles. The summed E-state index contributed by atoms with van der Waals surface area (Å²) in [6.07, 6.45) is 3.91. The normalized spacial score (nSPS) is 11.3. The van der Waals surface area contributed by atoms with Gasteiger partial charge in [0.25, 0.3) is 0 Å². The van der Waals surface area contributed by atoms with Crippen molar-refractivity contribution < 1.29 is 0 Å². The number of hydrogen-bond donors (Lipinski definition) is 0. The van der Waals surface area contributed by atoms with E-state index in [1.807, 2.05) is 24.1 Å². The van der Waals surface area contributed by atoms with Gasteiger partial charge in [0, 0.05) is 37.1 Å². The zero-order chi connectivity index (χ0) is 17.0. The highest BCUT2D eigenvalue weighted by Gasteiger charge is 2.11. The highest BCUT2D eigenvalue weighted by atomic mass is 15.3. The molecule has 4 heteroatoms. The van der Waals surface area contributed by atoms with Crippen LogP contribution in [0.4, 0.5) is 0 Å². The predicted octanol–water partition coefficient (Wildman–Crippen LogP) is 4.75. The molecule has 0 radical (unpaired) electrons. The molecule has 2 aromatic heterocycles. The molecule has 0 spiro atoms. The largest absolute Gasteiger partial charge is 0.332 e. The number of aryl methyl sites for hydroxylation is 2. The van der Waals surface area contributed by atoms with E-state index in [9.17, 15) is 0 Å². The molecule has 0 aromatic carbocycles. The van der Waals surface area contributed by atoms with E-state index in [4.69, 9.17) is 0 Å². The Balaban J connectivity index is 0.000000220. The van der Waals surface area contributed by atoms with Gasteiger partial charge < -0.3 is 4.57 Å². The number of aromatic nitrogens is 4. The second-order valence-electron chi connectivity index (χ2n) is 6.80. The molecule has 2 aromatic rings. The summed E-state index contributed by atoms with van der Waals surface area (Å²) in [7, 11) is 1.99. The van der Waals surface area contributed by atoms with E-state index in [1.54, 1.807) is 0 Å². The molecule has 22 heavy (non-hydrogen) atoms. The second-order valence-corrected chi connectivity index (χ2v) is 6.80. The minimum atomic E-state index is 0.521. The summed E-state index contributed by atoms with van der Waals surface area (Å²) < 4.78 is 4.16. The first-order valence-electron chi connectivity index (χ1n) is 8.19. The van der Waals surface area contributed by atoms with Crippen molar-refractivity contribution in [3.63, 3.8) is 0 Å². The van der Waals surface area contributed by atoms with E-state index in [0.717, 1.165) is 0 Å². The summed E-state index contributed by atoms with van der Waals surface area (Å²) in [5.41, 5.74) is 3.85. The van der Waals surface area contributed by atoms with Gasteiger partial charge in [-0.1, -0.05) is 27.7 Å². The third-order valence-electron chi connectivity index (χ3n) is 3.91. The van der Waals surface area contributed by atoms with Gasteiger partial charge in [-0.25, -0.2) is 4.98 Å². The molecule has 0 aliphatic heterocycles. The lowest BCUT2D eigenvalue weighted by atomic mass is 10.0. The number of hydrogen-bond acceptors (Lipinski definition) is 2. The third-order valence-corrected chi connectivity index (χ3v) is 3.91. The van der Waals surface area contributed by atoms with E-state index in [0.29, 0.717) is 17.9 Å². The van der Waals surface area contributed by atoms with Gasteiger partial charge in [-0.15, -0.1) is 0 Å². The van der Waals surface area contributed by atoms with Gasteiger partial charge in [-0.3, -0.25) is 4.68 Å². The van der Waals surface area contributed by atoms with Crippen LogP contribution in [-0.2, 0) is 7.05 Å². The van der Waals surface area contributed by atoms with Gasteiger partial charge >= 0.3 is 0 Å². The molecule has 0 aliphatic rings. The fourth-order valence-corrected chi connectivity index (χ4v) is 2.83. The van der Waals surface area contributed by atoms with Crippen molar-refractivity contribution >= 4 is 0 Å². The molecule has 0 saturated heterocycles. The molecular formula is C18H32N4. The average molecular weight is 304 g/mol. The summed E-state index contributed by atoms with van der Waals surface area (Å²) in [5.74, 6) is 2.29. The second kappa shape index (κ2) is 7.61. The van der Waals surface area contributed by atoms with E-state index in [1.165, 1.54) is 22.8 Å². The van der Waals surface area contributed by atoms with Crippen LogP contribution in [0.1, 0.15) is 82.2 Å². The molecule has 0 bridgehead atoms. The van der Waals surface area contributed by atoms with Crippen LogP contribution in [0.15, 0.2) is 12.4 Å². The molecule has 0 aliphatic carbocycles. The topological polar surface area (TPSA) is 35.6 Å². The van der Waals surface area contributed by atoms with Crippen LogP contribution in [0.2, 0.25) is 0 Å². The van der Waals surface area contributed by atoms with Crippen LogP contribution in [0, 0.1) is 13.8 Å². The monoisotopic (exact) mass is 304 g/mol. The van der Waals surface area contributed by atoms with Crippen molar-refractivity contribution in [2.75, 3.05) is 0 Å². The Morgan fingerprint density at radius 1 is 0.955 bits per heavy atom. The Morgan fingerprint density at radius 3 is 1.82 bits per heavy atom. The fourth-order valence-electron chi connectivity index (χ4n) is 2.83. The van der Waals surface area contributed by atoms with Crippen LogP contribution in [-0.4, -0.2) is 19.3 Å². The Labute approximate surface area is 135 Å². The van der Waals surface area contributed by atoms with E-state index < -0.39 is 0 Å². The van der Waals surface area contributed by atoms with Crippen molar-refractivity contribution in [2.45, 2.75) is 73.3 Å². The molecule has 124 valence electrons. The molecular weight excluding hydrogens is 272 g/mol. The van der Waals surface area contributed by atoms with E-state index in [2.05, 4.69) is 70.0 Å². The van der Waals surface area contributed by atoms with E-state index in [-0.39, 0.29) is 0 Å². The molecule has 0 unspecified atom stereocenters. The van der Waals surface area contributed by atoms with Gasteiger partial charge in [0.1, 0.15) is 5.82 Å². The smallest absolute Gasteiger partial charge is 0.111 e. The lowest BCUT2D eigenvalue weighted by Gasteiger charge is -2.13. The summed E-state index contributed by atoms with van der Waals surface area (Å²) >= 11 is 0. The van der Waals surface area contributed by atoms with Gasteiger partial charge in [-0.2, -0.15) is 5.10 Å². The Morgan fingerprint density at radius 2 is 1.55 bits per heavy atom. The minimum Gasteiger partial charge on any atom is -0.332 e. The van der Waals surface area contributed by atoms with Gasteiger partial charge in [-0.05, 0) is 39.2 Å². The van der Waals surface area contributed by atoms with Crippen molar-refractivity contribution in [1.82, 2.24) is 19.3 Å². The maximum atomic E-state index is 4.35. The highest BCUT2D eigenvalue weighted by Crippen LogP contribution is 2.21. The first kappa shape index (κ1) is 18.5. The first-order chi connectivity index (χ1) is 10.2. The molecule has 4 nitrogen and oxygen atoms in total. The van der Waals surface area contributed by atoms with E-state index >= 15 is 0 Å². The summed E-state index contributed by atoms with van der Waals surface area (Å²) in [6, 6.07) is 0.523. The SMILES string of the molecule is CC(C)c1nccn1C(C)C.Cc1nn(C)c(C)c1C(C)C. The third kappa shape index (κ3) is 4.21.